The molecule has 2 fully saturated rings. The molecule has 1 aliphatic carbocycles. The number of benzene rings is 1. The predicted octanol–water partition coefficient (Wildman–Crippen LogP) is 3.32. The Bertz CT molecular complexity index is 540. The first-order valence-corrected chi connectivity index (χ1v) is 7.74. The Morgan fingerprint density at radius 1 is 1.24 bits per heavy atom. The Labute approximate surface area is 125 Å². The molecule has 1 aromatic rings. The van der Waals surface area contributed by atoms with Crippen LogP contribution in [0.1, 0.15) is 39.2 Å². The summed E-state index contributed by atoms with van der Waals surface area (Å²) in [4.78, 5) is 2.35. The van der Waals surface area contributed by atoms with Crippen LogP contribution in [0, 0.1) is 17.6 Å². The van der Waals surface area contributed by atoms with E-state index in [0.717, 1.165) is 13.1 Å². The third-order valence-corrected chi connectivity index (χ3v) is 5.06. The van der Waals surface area contributed by atoms with E-state index in [0.29, 0.717) is 18.0 Å². The lowest BCUT2D eigenvalue weighted by Crippen LogP contribution is -2.67. The van der Waals surface area contributed by atoms with Gasteiger partial charge in [-0.25, -0.2) is 8.78 Å². The lowest BCUT2D eigenvalue weighted by molar-refractivity contribution is 0.00443. The van der Waals surface area contributed by atoms with Gasteiger partial charge in [-0.2, -0.15) is 0 Å². The van der Waals surface area contributed by atoms with Crippen LogP contribution < -0.4 is 5.32 Å². The number of hydrogen-bond donors (Lipinski definition) is 1. The number of piperazine rings is 1. The van der Waals surface area contributed by atoms with Gasteiger partial charge < -0.3 is 5.32 Å². The normalized spacial score (nSPS) is 29.6. The fourth-order valence-electron chi connectivity index (χ4n) is 3.46. The first-order valence-electron chi connectivity index (χ1n) is 7.74. The lowest BCUT2D eigenvalue weighted by Gasteiger charge is -2.52. The number of rotatable bonds is 3. The van der Waals surface area contributed by atoms with Gasteiger partial charge in [0.1, 0.15) is 11.6 Å². The van der Waals surface area contributed by atoms with Crippen molar-refractivity contribution in [3.8, 4) is 0 Å². The summed E-state index contributed by atoms with van der Waals surface area (Å²) in [6.45, 7) is 8.80. The number of nitrogens with one attached hydrogen (secondary N) is 1. The fraction of sp³-hybridized carbons (Fsp3) is 0.647. The van der Waals surface area contributed by atoms with Gasteiger partial charge in [0.25, 0.3) is 0 Å². The predicted molar refractivity (Wildman–Crippen MR) is 80.0 cm³/mol. The van der Waals surface area contributed by atoms with Crippen LogP contribution in [-0.4, -0.2) is 29.1 Å². The molecule has 0 bridgehead atoms. The summed E-state index contributed by atoms with van der Waals surface area (Å²) in [5.41, 5.74) is 0.492. The van der Waals surface area contributed by atoms with Gasteiger partial charge in [-0.05, 0) is 57.7 Å². The first-order chi connectivity index (χ1) is 9.80. The van der Waals surface area contributed by atoms with Crippen molar-refractivity contribution in [3.05, 3.63) is 35.4 Å². The van der Waals surface area contributed by atoms with Gasteiger partial charge in [0.2, 0.25) is 0 Å². The summed E-state index contributed by atoms with van der Waals surface area (Å²) in [6.07, 6.45) is 2.47. The van der Waals surface area contributed by atoms with Crippen LogP contribution in [0.25, 0.3) is 0 Å². The van der Waals surface area contributed by atoms with E-state index in [-0.39, 0.29) is 22.7 Å². The van der Waals surface area contributed by atoms with E-state index in [1.165, 1.54) is 31.0 Å². The van der Waals surface area contributed by atoms with Crippen LogP contribution >= 0.6 is 0 Å². The fourth-order valence-corrected chi connectivity index (χ4v) is 3.46. The molecule has 2 aliphatic rings. The van der Waals surface area contributed by atoms with E-state index < -0.39 is 0 Å². The highest BCUT2D eigenvalue weighted by molar-refractivity contribution is 5.20. The number of hydrogen-bond acceptors (Lipinski definition) is 2. The van der Waals surface area contributed by atoms with Crippen LogP contribution in [0.2, 0.25) is 0 Å². The third kappa shape index (κ3) is 2.97. The minimum atomic E-state index is -0.367. The topological polar surface area (TPSA) is 15.3 Å². The monoisotopic (exact) mass is 294 g/mol. The smallest absolute Gasteiger partial charge is 0.127 e. The molecule has 4 heteroatoms. The maximum Gasteiger partial charge on any atom is 0.127 e. The highest BCUT2D eigenvalue weighted by Gasteiger charge is 2.49. The van der Waals surface area contributed by atoms with E-state index in [1.807, 2.05) is 0 Å². The first kappa shape index (κ1) is 14.9. The molecule has 1 atom stereocenters. The molecule has 1 heterocycles. The second-order valence-corrected chi connectivity index (χ2v) is 7.46. The van der Waals surface area contributed by atoms with Gasteiger partial charge in [0.15, 0.2) is 0 Å². The maximum absolute atomic E-state index is 14.0. The molecule has 1 saturated heterocycles. The SMILES string of the molecule is CC1(C)CN(Cc2cc(F)ccc2F)C(C)(C2CC2)CN1. The van der Waals surface area contributed by atoms with Crippen molar-refractivity contribution in [1.29, 1.82) is 0 Å². The molecule has 0 radical (unpaired) electrons. The molecular formula is C17H24F2N2. The highest BCUT2D eigenvalue weighted by Crippen LogP contribution is 2.45. The molecule has 2 nitrogen and oxygen atoms in total. The molecule has 1 aliphatic heterocycles. The number of nitrogens with zero attached hydrogens (tertiary/aromatic N) is 1. The Morgan fingerprint density at radius 3 is 2.62 bits per heavy atom. The standard InChI is InChI=1S/C17H24F2N2/c1-16(2)11-21(17(3,10-20-16)13-4-5-13)9-12-8-14(18)6-7-15(12)19/h6-8,13,20H,4-5,9-11H2,1-3H3. The van der Waals surface area contributed by atoms with Crippen LogP contribution in [0.4, 0.5) is 8.78 Å². The van der Waals surface area contributed by atoms with Gasteiger partial charge in [-0.15, -0.1) is 0 Å². The highest BCUT2D eigenvalue weighted by atomic mass is 19.1. The van der Waals surface area contributed by atoms with E-state index in [2.05, 4.69) is 31.0 Å². The van der Waals surface area contributed by atoms with Crippen molar-refractivity contribution in [2.45, 2.75) is 51.2 Å². The minimum Gasteiger partial charge on any atom is -0.309 e. The zero-order chi connectivity index (χ0) is 15.3. The summed E-state index contributed by atoms with van der Waals surface area (Å²) in [7, 11) is 0. The maximum atomic E-state index is 14.0. The molecule has 116 valence electrons. The Kier molecular flexibility index (Phi) is 3.57. The largest absolute Gasteiger partial charge is 0.309 e. The Morgan fingerprint density at radius 2 is 1.95 bits per heavy atom. The van der Waals surface area contributed by atoms with E-state index in [1.54, 1.807) is 0 Å². The summed E-state index contributed by atoms with van der Waals surface area (Å²) < 4.78 is 27.4. The van der Waals surface area contributed by atoms with Crippen LogP contribution in [-0.2, 0) is 6.54 Å². The van der Waals surface area contributed by atoms with Gasteiger partial charge in [0, 0.05) is 36.3 Å². The van der Waals surface area contributed by atoms with Gasteiger partial charge in [0.05, 0.1) is 0 Å². The van der Waals surface area contributed by atoms with Crippen LogP contribution in [0.5, 0.6) is 0 Å². The van der Waals surface area contributed by atoms with Crippen molar-refractivity contribution < 1.29 is 8.78 Å². The average Bonchev–Trinajstić information content (AvgIpc) is 3.23. The third-order valence-electron chi connectivity index (χ3n) is 5.06. The molecule has 0 amide bonds. The minimum absolute atomic E-state index is 0.00178. The van der Waals surface area contributed by atoms with Crippen LogP contribution in [0.15, 0.2) is 18.2 Å². The molecular weight excluding hydrogens is 270 g/mol. The quantitative estimate of drug-likeness (QED) is 0.920. The average molecular weight is 294 g/mol. The molecule has 1 unspecified atom stereocenters. The van der Waals surface area contributed by atoms with Gasteiger partial charge in [-0.3, -0.25) is 4.90 Å². The van der Waals surface area contributed by atoms with Crippen molar-refractivity contribution in [1.82, 2.24) is 10.2 Å². The van der Waals surface area contributed by atoms with Crippen LogP contribution in [0.3, 0.4) is 0 Å². The van der Waals surface area contributed by atoms with E-state index in [4.69, 9.17) is 0 Å². The lowest BCUT2D eigenvalue weighted by atomic mass is 9.85. The Hall–Kier alpha value is -1.00. The molecule has 1 saturated carbocycles. The van der Waals surface area contributed by atoms with Crippen molar-refractivity contribution in [2.75, 3.05) is 13.1 Å². The zero-order valence-electron chi connectivity index (χ0n) is 13.0. The molecule has 1 aromatic carbocycles. The van der Waals surface area contributed by atoms with Crippen molar-refractivity contribution >= 4 is 0 Å². The summed E-state index contributed by atoms with van der Waals surface area (Å²) in [5, 5.41) is 3.60. The second-order valence-electron chi connectivity index (χ2n) is 7.46. The zero-order valence-corrected chi connectivity index (χ0v) is 13.0. The van der Waals surface area contributed by atoms with Gasteiger partial charge >= 0.3 is 0 Å². The Balaban J connectivity index is 1.87. The molecule has 1 N–H and O–H groups in total. The van der Waals surface area contributed by atoms with Crippen molar-refractivity contribution in [3.63, 3.8) is 0 Å². The number of halogens is 2. The second kappa shape index (κ2) is 5.03. The summed E-state index contributed by atoms with van der Waals surface area (Å²) in [6, 6.07) is 3.74. The van der Waals surface area contributed by atoms with E-state index >= 15 is 0 Å². The molecule has 21 heavy (non-hydrogen) atoms. The van der Waals surface area contributed by atoms with E-state index in [9.17, 15) is 8.78 Å². The molecule has 0 aromatic heterocycles. The van der Waals surface area contributed by atoms with Gasteiger partial charge in [-0.1, -0.05) is 0 Å². The summed E-state index contributed by atoms with van der Waals surface area (Å²) in [5.74, 6) is -0.0162. The molecule has 0 spiro atoms. The van der Waals surface area contributed by atoms with Crippen molar-refractivity contribution in [2.24, 2.45) is 5.92 Å². The molecule has 3 rings (SSSR count). The summed E-state index contributed by atoms with van der Waals surface area (Å²) >= 11 is 0.